The quantitative estimate of drug-likeness (QED) is 0.225. The molecule has 1 aromatic rings. The van der Waals surface area contributed by atoms with Crippen LogP contribution in [0.3, 0.4) is 0 Å². The highest BCUT2D eigenvalue weighted by molar-refractivity contribution is 5.89. The van der Waals surface area contributed by atoms with E-state index in [9.17, 15) is 9.59 Å². The second-order valence-corrected chi connectivity index (χ2v) is 6.90. The molecule has 0 atom stereocenters. The smallest absolute Gasteiger partial charge is 0.338 e. The first-order chi connectivity index (χ1) is 13.5. The van der Waals surface area contributed by atoms with Crippen molar-refractivity contribution in [3.8, 4) is 5.75 Å². The summed E-state index contributed by atoms with van der Waals surface area (Å²) in [5.74, 6) is 0.137. The minimum Gasteiger partial charge on any atom is -0.494 e. The summed E-state index contributed by atoms with van der Waals surface area (Å²) in [4.78, 5) is 23.2. The van der Waals surface area contributed by atoms with E-state index in [4.69, 9.17) is 14.2 Å². The van der Waals surface area contributed by atoms with Crippen molar-refractivity contribution < 1.29 is 23.8 Å². The van der Waals surface area contributed by atoms with Gasteiger partial charge in [0.1, 0.15) is 5.75 Å². The Hall–Kier alpha value is -2.30. The lowest BCUT2D eigenvalue weighted by Gasteiger charge is -2.08. The van der Waals surface area contributed by atoms with E-state index in [2.05, 4.69) is 13.5 Å². The molecule has 5 heteroatoms. The lowest BCUT2D eigenvalue weighted by molar-refractivity contribution is -0.139. The predicted octanol–water partition coefficient (Wildman–Crippen LogP) is 5.48. The zero-order valence-electron chi connectivity index (χ0n) is 17.3. The Labute approximate surface area is 169 Å². The van der Waals surface area contributed by atoms with Gasteiger partial charge in [-0.2, -0.15) is 0 Å². The van der Waals surface area contributed by atoms with Crippen LogP contribution >= 0.6 is 0 Å². The molecule has 156 valence electrons. The van der Waals surface area contributed by atoms with Gasteiger partial charge in [0.05, 0.1) is 25.4 Å². The molecule has 0 aliphatic heterocycles. The minimum absolute atomic E-state index is 0.282. The lowest BCUT2D eigenvalue weighted by Crippen LogP contribution is -2.07. The van der Waals surface area contributed by atoms with E-state index in [0.717, 1.165) is 44.3 Å². The highest BCUT2D eigenvalue weighted by atomic mass is 16.5. The normalized spacial score (nSPS) is 10.4. The first-order valence-corrected chi connectivity index (χ1v) is 10.3. The van der Waals surface area contributed by atoms with Crippen LogP contribution in [0.1, 0.15) is 75.6 Å². The van der Waals surface area contributed by atoms with Crippen molar-refractivity contribution in [1.82, 2.24) is 0 Å². The van der Waals surface area contributed by atoms with Crippen molar-refractivity contribution in [2.24, 2.45) is 0 Å². The summed E-state index contributed by atoms with van der Waals surface area (Å²) in [6.45, 7) is 8.87. The predicted molar refractivity (Wildman–Crippen MR) is 111 cm³/mol. The van der Waals surface area contributed by atoms with Crippen LogP contribution in [-0.4, -0.2) is 31.8 Å². The van der Waals surface area contributed by atoms with Crippen LogP contribution in [0, 0.1) is 0 Å². The van der Waals surface area contributed by atoms with Gasteiger partial charge in [-0.05, 0) is 63.3 Å². The van der Waals surface area contributed by atoms with Gasteiger partial charge in [-0.25, -0.2) is 9.59 Å². The van der Waals surface area contributed by atoms with Gasteiger partial charge in [0.2, 0.25) is 0 Å². The molecule has 5 nitrogen and oxygen atoms in total. The van der Waals surface area contributed by atoms with Gasteiger partial charge in [-0.1, -0.05) is 32.8 Å². The summed E-state index contributed by atoms with van der Waals surface area (Å²) >= 11 is 0. The van der Waals surface area contributed by atoms with Gasteiger partial charge < -0.3 is 14.2 Å². The molecule has 0 N–H and O–H groups in total. The largest absolute Gasteiger partial charge is 0.494 e. The molecule has 0 fully saturated rings. The number of carbonyl (C=O) groups excluding carboxylic acids is 2. The Bertz CT molecular complexity index is 592. The van der Waals surface area contributed by atoms with E-state index in [1.807, 2.05) is 0 Å². The molecular formula is C23H34O5. The third-order valence-corrected chi connectivity index (χ3v) is 4.21. The summed E-state index contributed by atoms with van der Waals surface area (Å²) < 4.78 is 16.0. The Balaban J connectivity index is 2.10. The number of ether oxygens (including phenoxy) is 3. The molecule has 0 saturated carbocycles. The number of benzene rings is 1. The van der Waals surface area contributed by atoms with Crippen molar-refractivity contribution in [3.63, 3.8) is 0 Å². The van der Waals surface area contributed by atoms with Crippen LogP contribution in [0.25, 0.3) is 0 Å². The minimum atomic E-state index is -0.327. The molecule has 0 heterocycles. The van der Waals surface area contributed by atoms with Gasteiger partial charge in [-0.15, -0.1) is 0 Å². The molecule has 1 aromatic carbocycles. The fraction of sp³-hybridized carbons (Fsp3) is 0.565. The maximum absolute atomic E-state index is 12.0. The molecule has 0 spiro atoms. The highest BCUT2D eigenvalue weighted by Gasteiger charge is 2.07. The van der Waals surface area contributed by atoms with E-state index in [-0.39, 0.29) is 11.9 Å². The third kappa shape index (κ3) is 10.8. The van der Waals surface area contributed by atoms with Crippen LogP contribution < -0.4 is 4.74 Å². The third-order valence-electron chi connectivity index (χ3n) is 4.21. The molecule has 0 aliphatic rings. The van der Waals surface area contributed by atoms with Crippen molar-refractivity contribution in [1.29, 1.82) is 0 Å². The molecule has 0 amide bonds. The van der Waals surface area contributed by atoms with Crippen molar-refractivity contribution in [2.75, 3.05) is 19.8 Å². The monoisotopic (exact) mass is 390 g/mol. The van der Waals surface area contributed by atoms with E-state index in [0.29, 0.717) is 31.0 Å². The van der Waals surface area contributed by atoms with Crippen LogP contribution in [0.15, 0.2) is 36.4 Å². The Morgan fingerprint density at radius 1 is 0.821 bits per heavy atom. The average Bonchev–Trinajstić information content (AvgIpc) is 2.69. The summed E-state index contributed by atoms with van der Waals surface area (Å²) in [5, 5.41) is 0. The number of esters is 2. The maximum Gasteiger partial charge on any atom is 0.338 e. The molecule has 0 unspecified atom stereocenters. The molecule has 0 bridgehead atoms. The number of rotatable bonds is 15. The highest BCUT2D eigenvalue weighted by Crippen LogP contribution is 2.14. The summed E-state index contributed by atoms with van der Waals surface area (Å²) in [5.41, 5.74) is 0.979. The van der Waals surface area contributed by atoms with Gasteiger partial charge in [0.25, 0.3) is 0 Å². The zero-order valence-corrected chi connectivity index (χ0v) is 17.3. The van der Waals surface area contributed by atoms with Gasteiger partial charge in [0, 0.05) is 5.57 Å². The number of hydrogen-bond acceptors (Lipinski definition) is 5. The first-order valence-electron chi connectivity index (χ1n) is 10.3. The second-order valence-electron chi connectivity index (χ2n) is 6.90. The van der Waals surface area contributed by atoms with Crippen molar-refractivity contribution in [2.45, 2.75) is 65.2 Å². The average molecular weight is 391 g/mol. The van der Waals surface area contributed by atoms with Crippen LogP contribution in [-0.2, 0) is 14.3 Å². The van der Waals surface area contributed by atoms with Crippen LogP contribution in [0.4, 0.5) is 0 Å². The maximum atomic E-state index is 12.0. The number of unbranched alkanes of at least 4 members (excludes halogenated alkanes) is 6. The summed E-state index contributed by atoms with van der Waals surface area (Å²) in [7, 11) is 0. The van der Waals surface area contributed by atoms with Crippen molar-refractivity contribution in [3.05, 3.63) is 42.0 Å². The molecule has 0 aliphatic carbocycles. The molecule has 0 aromatic heterocycles. The van der Waals surface area contributed by atoms with Gasteiger partial charge >= 0.3 is 11.9 Å². The summed E-state index contributed by atoms with van der Waals surface area (Å²) in [6, 6.07) is 7.06. The molecular weight excluding hydrogens is 356 g/mol. The van der Waals surface area contributed by atoms with Crippen LogP contribution in [0.5, 0.6) is 5.75 Å². The van der Waals surface area contributed by atoms with E-state index in [1.54, 1.807) is 31.2 Å². The Morgan fingerprint density at radius 2 is 1.39 bits per heavy atom. The number of hydrogen-bond donors (Lipinski definition) is 0. The SMILES string of the molecule is C=C(C)C(=O)OCCCCCCOc1ccc(C(=O)OCCCCCC)cc1. The zero-order chi connectivity index (χ0) is 20.6. The fourth-order valence-corrected chi connectivity index (χ4v) is 2.50. The van der Waals surface area contributed by atoms with E-state index in [1.165, 1.54) is 12.8 Å². The fourth-order valence-electron chi connectivity index (χ4n) is 2.50. The van der Waals surface area contributed by atoms with Crippen LogP contribution in [0.2, 0.25) is 0 Å². The van der Waals surface area contributed by atoms with E-state index < -0.39 is 0 Å². The standard InChI is InChI=1S/C23H34O5/c1-4-5-6-9-18-28-23(25)20-12-14-21(15-13-20)26-16-10-7-8-11-17-27-22(24)19(2)3/h12-15H,2,4-11,16-18H2,1,3H3. The summed E-state index contributed by atoms with van der Waals surface area (Å²) in [6.07, 6.45) is 8.10. The van der Waals surface area contributed by atoms with Gasteiger partial charge in [-0.3, -0.25) is 0 Å². The number of carbonyl (C=O) groups is 2. The molecule has 28 heavy (non-hydrogen) atoms. The Kier molecular flexibility index (Phi) is 12.5. The molecule has 0 saturated heterocycles. The van der Waals surface area contributed by atoms with Crippen molar-refractivity contribution >= 4 is 11.9 Å². The molecule has 0 radical (unpaired) electrons. The van der Waals surface area contributed by atoms with Gasteiger partial charge in [0.15, 0.2) is 0 Å². The van der Waals surface area contributed by atoms with E-state index >= 15 is 0 Å². The first kappa shape index (κ1) is 23.7. The lowest BCUT2D eigenvalue weighted by atomic mass is 10.2. The second kappa shape index (κ2) is 14.7. The molecule has 1 rings (SSSR count). The topological polar surface area (TPSA) is 61.8 Å². The Morgan fingerprint density at radius 3 is 2.00 bits per heavy atom.